The lowest BCUT2D eigenvalue weighted by atomic mass is 9.97. The van der Waals surface area contributed by atoms with Gasteiger partial charge < -0.3 is 10.1 Å². The van der Waals surface area contributed by atoms with E-state index in [-0.39, 0.29) is 12.1 Å². The molecule has 0 aliphatic carbocycles. The molecule has 0 saturated heterocycles. The molecule has 1 aliphatic heterocycles. The molecule has 1 N–H and O–H groups in total. The molecule has 3 rings (SSSR count). The summed E-state index contributed by atoms with van der Waals surface area (Å²) in [5.41, 5.74) is 1.12. The third-order valence-electron chi connectivity index (χ3n) is 3.14. The van der Waals surface area contributed by atoms with E-state index in [2.05, 4.69) is 10.3 Å². The van der Waals surface area contributed by atoms with E-state index in [1.807, 2.05) is 36.8 Å². The first kappa shape index (κ1) is 12.0. The van der Waals surface area contributed by atoms with E-state index in [1.165, 1.54) is 0 Å². The number of thiazole rings is 1. The molecule has 0 amide bonds. The first-order valence-electron chi connectivity index (χ1n) is 5.80. The van der Waals surface area contributed by atoms with Gasteiger partial charge in [0.1, 0.15) is 10.8 Å². The van der Waals surface area contributed by atoms with E-state index in [0.29, 0.717) is 0 Å². The molecule has 0 radical (unpaired) electrons. The number of benzene rings is 1. The Morgan fingerprint density at radius 2 is 2.39 bits per heavy atom. The number of halogens is 1. The van der Waals surface area contributed by atoms with Gasteiger partial charge in [-0.25, -0.2) is 4.98 Å². The summed E-state index contributed by atoms with van der Waals surface area (Å²) in [5, 5.41) is 7.06. The van der Waals surface area contributed by atoms with Gasteiger partial charge in [0.25, 0.3) is 0 Å². The summed E-state index contributed by atoms with van der Waals surface area (Å²) in [6, 6.07) is 6.01. The average molecular weight is 281 g/mol. The van der Waals surface area contributed by atoms with Gasteiger partial charge in [-0.05, 0) is 25.2 Å². The molecule has 18 heavy (non-hydrogen) atoms. The third-order valence-corrected chi connectivity index (χ3v) is 4.24. The first-order valence-corrected chi connectivity index (χ1v) is 7.06. The first-order chi connectivity index (χ1) is 8.78. The van der Waals surface area contributed by atoms with E-state index in [0.717, 1.165) is 27.8 Å². The zero-order valence-electron chi connectivity index (χ0n) is 9.89. The molecule has 5 heteroatoms. The Labute approximate surface area is 115 Å². The number of hydrogen-bond donors (Lipinski definition) is 1. The molecule has 2 heterocycles. The Bertz CT molecular complexity index is 544. The van der Waals surface area contributed by atoms with Gasteiger partial charge in [0.05, 0.1) is 0 Å². The highest BCUT2D eigenvalue weighted by Crippen LogP contribution is 2.41. The standard InChI is InChI=1S/C13H13ClN2OS/c1-15-10-7-12(13-16-4-5-18-13)17-11-3-2-8(14)6-9(10)11/h2-6,10,12,15H,7H2,1H3. The van der Waals surface area contributed by atoms with Crippen molar-refractivity contribution >= 4 is 22.9 Å². The van der Waals surface area contributed by atoms with Crippen LogP contribution in [0.2, 0.25) is 5.02 Å². The van der Waals surface area contributed by atoms with Crippen molar-refractivity contribution in [1.82, 2.24) is 10.3 Å². The Balaban J connectivity index is 1.97. The van der Waals surface area contributed by atoms with Gasteiger partial charge in [0.15, 0.2) is 6.10 Å². The molecule has 94 valence electrons. The highest BCUT2D eigenvalue weighted by atomic mass is 35.5. The fraction of sp³-hybridized carbons (Fsp3) is 0.308. The van der Waals surface area contributed by atoms with Crippen molar-refractivity contribution in [1.29, 1.82) is 0 Å². The van der Waals surface area contributed by atoms with Crippen LogP contribution >= 0.6 is 22.9 Å². The number of nitrogens with one attached hydrogen (secondary N) is 1. The molecule has 3 nitrogen and oxygen atoms in total. The van der Waals surface area contributed by atoms with Crippen molar-refractivity contribution in [3.05, 3.63) is 45.4 Å². The molecule has 1 aromatic carbocycles. The molecule has 2 unspecified atom stereocenters. The van der Waals surface area contributed by atoms with Crippen LogP contribution in [0.1, 0.15) is 29.1 Å². The zero-order chi connectivity index (χ0) is 12.5. The normalized spacial score (nSPS) is 22.3. The maximum Gasteiger partial charge on any atom is 0.152 e. The number of nitrogens with zero attached hydrogens (tertiary/aromatic N) is 1. The van der Waals surface area contributed by atoms with Crippen molar-refractivity contribution in [2.45, 2.75) is 18.6 Å². The summed E-state index contributed by atoms with van der Waals surface area (Å²) in [6.45, 7) is 0. The second-order valence-corrected chi connectivity index (χ2v) is 5.60. The van der Waals surface area contributed by atoms with Gasteiger partial charge in [-0.3, -0.25) is 0 Å². The molecule has 0 fully saturated rings. The SMILES string of the molecule is CNC1CC(c2nccs2)Oc2ccc(Cl)cc21. The van der Waals surface area contributed by atoms with Crippen molar-refractivity contribution in [3.8, 4) is 5.75 Å². The minimum Gasteiger partial charge on any atom is -0.483 e. The van der Waals surface area contributed by atoms with E-state index < -0.39 is 0 Å². The van der Waals surface area contributed by atoms with Crippen molar-refractivity contribution < 1.29 is 4.74 Å². The van der Waals surface area contributed by atoms with Crippen LogP contribution < -0.4 is 10.1 Å². The summed E-state index contributed by atoms with van der Waals surface area (Å²) in [7, 11) is 1.96. The number of rotatable bonds is 2. The lowest BCUT2D eigenvalue weighted by Crippen LogP contribution is -2.26. The quantitative estimate of drug-likeness (QED) is 0.913. The van der Waals surface area contributed by atoms with Crippen LogP contribution in [0.3, 0.4) is 0 Å². The molecule has 0 bridgehead atoms. The van der Waals surface area contributed by atoms with Crippen LogP contribution in [-0.4, -0.2) is 12.0 Å². The topological polar surface area (TPSA) is 34.2 Å². The Morgan fingerprint density at radius 3 is 3.11 bits per heavy atom. The minimum absolute atomic E-state index is 0.0242. The van der Waals surface area contributed by atoms with Gasteiger partial charge in [0, 0.05) is 34.6 Å². The Morgan fingerprint density at radius 1 is 1.50 bits per heavy atom. The molecule has 2 atom stereocenters. The van der Waals surface area contributed by atoms with Crippen molar-refractivity contribution in [3.63, 3.8) is 0 Å². The maximum atomic E-state index is 6.04. The summed E-state index contributed by atoms with van der Waals surface area (Å²) >= 11 is 7.67. The number of fused-ring (bicyclic) bond motifs is 1. The monoisotopic (exact) mass is 280 g/mol. The lowest BCUT2D eigenvalue weighted by Gasteiger charge is -2.31. The minimum atomic E-state index is 0.0242. The summed E-state index contributed by atoms with van der Waals surface area (Å²) < 4.78 is 6.01. The van der Waals surface area contributed by atoms with Crippen molar-refractivity contribution in [2.75, 3.05) is 7.05 Å². The lowest BCUT2D eigenvalue weighted by molar-refractivity contribution is 0.153. The second-order valence-electron chi connectivity index (χ2n) is 4.24. The molecule has 1 aromatic heterocycles. The fourth-order valence-electron chi connectivity index (χ4n) is 2.26. The van der Waals surface area contributed by atoms with E-state index in [4.69, 9.17) is 16.3 Å². The summed E-state index contributed by atoms with van der Waals surface area (Å²) in [4.78, 5) is 4.34. The number of hydrogen-bond acceptors (Lipinski definition) is 4. The summed E-state index contributed by atoms with van der Waals surface area (Å²) in [6.07, 6.45) is 2.71. The number of ether oxygens (including phenoxy) is 1. The van der Waals surface area contributed by atoms with Crippen LogP contribution in [0.4, 0.5) is 0 Å². The predicted octanol–water partition coefficient (Wildman–Crippen LogP) is 3.58. The largest absolute Gasteiger partial charge is 0.483 e. The van der Waals surface area contributed by atoms with Crippen LogP contribution in [0, 0.1) is 0 Å². The zero-order valence-corrected chi connectivity index (χ0v) is 11.5. The predicted molar refractivity (Wildman–Crippen MR) is 73.4 cm³/mol. The Kier molecular flexibility index (Phi) is 3.24. The van der Waals surface area contributed by atoms with Gasteiger partial charge in [-0.1, -0.05) is 11.6 Å². The van der Waals surface area contributed by atoms with Crippen LogP contribution in [0.15, 0.2) is 29.8 Å². The van der Waals surface area contributed by atoms with Gasteiger partial charge in [-0.2, -0.15) is 0 Å². The van der Waals surface area contributed by atoms with Crippen LogP contribution in [0.5, 0.6) is 5.75 Å². The summed E-state index contributed by atoms with van der Waals surface area (Å²) in [5.74, 6) is 0.894. The average Bonchev–Trinajstić information content (AvgIpc) is 2.91. The third kappa shape index (κ3) is 2.11. The fourth-order valence-corrected chi connectivity index (χ4v) is 3.12. The van der Waals surface area contributed by atoms with Gasteiger partial charge >= 0.3 is 0 Å². The molecule has 0 spiro atoms. The smallest absolute Gasteiger partial charge is 0.152 e. The number of aromatic nitrogens is 1. The molecule has 1 aliphatic rings. The van der Waals surface area contributed by atoms with Crippen LogP contribution in [-0.2, 0) is 0 Å². The molecule has 2 aromatic rings. The van der Waals surface area contributed by atoms with Crippen molar-refractivity contribution in [2.24, 2.45) is 0 Å². The molecular weight excluding hydrogens is 268 g/mol. The highest BCUT2D eigenvalue weighted by molar-refractivity contribution is 7.09. The highest BCUT2D eigenvalue weighted by Gasteiger charge is 2.29. The van der Waals surface area contributed by atoms with E-state index in [9.17, 15) is 0 Å². The molecule has 0 saturated carbocycles. The van der Waals surface area contributed by atoms with Gasteiger partial charge in [0.2, 0.25) is 0 Å². The van der Waals surface area contributed by atoms with Gasteiger partial charge in [-0.15, -0.1) is 11.3 Å². The van der Waals surface area contributed by atoms with E-state index in [1.54, 1.807) is 11.3 Å². The second kappa shape index (κ2) is 4.88. The Hall–Kier alpha value is -1.10. The van der Waals surface area contributed by atoms with Crippen LogP contribution in [0.25, 0.3) is 0 Å². The molecular formula is C13H13ClN2OS. The van der Waals surface area contributed by atoms with E-state index >= 15 is 0 Å². The maximum absolute atomic E-state index is 6.04.